The van der Waals surface area contributed by atoms with Gasteiger partial charge < -0.3 is 47.4 Å². The molecule has 0 aliphatic heterocycles. The number of esters is 10. The summed E-state index contributed by atoms with van der Waals surface area (Å²) < 4.78 is 107. The fraction of sp³-hybridized carbons (Fsp3) is 0.149. The maximum atomic E-state index is 14.2. The van der Waals surface area contributed by atoms with Crippen LogP contribution in [0.15, 0.2) is 317 Å². The Morgan fingerprint density at radius 3 is 0.896 bits per heavy atom. The summed E-state index contributed by atoms with van der Waals surface area (Å²) in [5, 5.41) is 0. The molecule has 0 atom stereocenters. The SMILES string of the molecule is C=C(C)C(=O)OCc1ccc(-c2ccc(OC(=O)C(=C)C)cc2)cc1.C=C(C)C(=O)OCc1ccc(-c2ccc(OC(=O)C(=C)C)cc2)cc1F.C=C(C)C(=O)Oc1ccc(-c2ccc(COC(=O)C(C)C)cc2)cc1F.C=CC(=O)OCc1ccc(-c2ccc(OC(=O)C=C)cc2)cc1F.C=CC(=O)Oc1ccc(-c2ccc(COC(=O)CC)cc2)cc1F. The van der Waals surface area contributed by atoms with Crippen molar-refractivity contribution in [2.45, 2.75) is 94.8 Å². The number of hydrogen-bond donors (Lipinski definition) is 0. The molecular weight excluding hydrogens is 1610 g/mol. The van der Waals surface area contributed by atoms with E-state index >= 15 is 0 Å². The molecule has 125 heavy (non-hydrogen) atoms. The second-order valence-corrected chi connectivity index (χ2v) is 27.6. The van der Waals surface area contributed by atoms with Crippen molar-refractivity contribution in [3.63, 3.8) is 0 Å². The summed E-state index contributed by atoms with van der Waals surface area (Å²) in [5.74, 6) is -6.42. The molecule has 0 saturated heterocycles. The van der Waals surface area contributed by atoms with E-state index in [1.54, 1.807) is 151 Å². The molecule has 20 nitrogen and oxygen atoms in total. The van der Waals surface area contributed by atoms with Crippen LogP contribution in [0.4, 0.5) is 17.6 Å². The van der Waals surface area contributed by atoms with Crippen molar-refractivity contribution in [1.82, 2.24) is 0 Å². The average molecular weight is 1700 g/mol. The Morgan fingerprint density at radius 2 is 0.568 bits per heavy atom. The predicted octanol–water partition coefficient (Wildman–Crippen LogP) is 21.6. The first-order valence-electron chi connectivity index (χ1n) is 38.3. The average Bonchev–Trinajstić information content (AvgIpc) is 0.848. The largest absolute Gasteiger partial charge is 0.461 e. The van der Waals surface area contributed by atoms with E-state index in [4.69, 9.17) is 47.4 Å². The van der Waals surface area contributed by atoms with E-state index in [1.807, 2.05) is 72.8 Å². The first-order chi connectivity index (χ1) is 59.5. The molecule has 0 aromatic heterocycles. The Hall–Kier alpha value is -15.5. The molecule has 0 amide bonds. The van der Waals surface area contributed by atoms with Crippen molar-refractivity contribution in [2.24, 2.45) is 5.92 Å². The number of halogens is 4. The van der Waals surface area contributed by atoms with E-state index in [1.165, 1.54) is 50.2 Å². The summed E-state index contributed by atoms with van der Waals surface area (Å²) in [6.45, 7) is 40.8. The van der Waals surface area contributed by atoms with Gasteiger partial charge in [-0.1, -0.05) is 219 Å². The fourth-order valence-electron chi connectivity index (χ4n) is 9.96. The molecule has 10 rings (SSSR count). The van der Waals surface area contributed by atoms with Crippen molar-refractivity contribution < 1.29 is 113 Å². The fourth-order valence-corrected chi connectivity index (χ4v) is 9.96. The topological polar surface area (TPSA) is 263 Å². The van der Waals surface area contributed by atoms with Gasteiger partial charge in [-0.3, -0.25) is 9.59 Å². The summed E-state index contributed by atoms with van der Waals surface area (Å²) >= 11 is 0. The Labute approximate surface area is 722 Å². The van der Waals surface area contributed by atoms with Gasteiger partial charge in [0.15, 0.2) is 23.1 Å². The lowest BCUT2D eigenvalue weighted by atomic mass is 10.0. The molecule has 0 radical (unpaired) electrons. The van der Waals surface area contributed by atoms with Gasteiger partial charge in [0.1, 0.15) is 61.9 Å². The molecule has 0 aliphatic carbocycles. The zero-order valence-corrected chi connectivity index (χ0v) is 70.2. The highest BCUT2D eigenvalue weighted by Gasteiger charge is 2.18. The lowest BCUT2D eigenvalue weighted by Crippen LogP contribution is -2.11. The summed E-state index contributed by atoms with van der Waals surface area (Å²) in [6.07, 6.45) is 3.39. The number of rotatable bonds is 30. The Balaban J connectivity index is 0.000000242. The van der Waals surface area contributed by atoms with Crippen LogP contribution in [0.5, 0.6) is 28.7 Å². The predicted molar refractivity (Wildman–Crippen MR) is 466 cm³/mol. The van der Waals surface area contributed by atoms with Crippen LogP contribution in [0.2, 0.25) is 0 Å². The molecule has 0 bridgehead atoms. The number of hydrogen-bond acceptors (Lipinski definition) is 20. The molecule has 10 aromatic rings. The highest BCUT2D eigenvalue weighted by Crippen LogP contribution is 2.32. The van der Waals surface area contributed by atoms with Gasteiger partial charge in [0.2, 0.25) is 0 Å². The number of carbonyl (C=O) groups excluding carboxylic acids is 10. The molecule has 0 heterocycles. The van der Waals surface area contributed by atoms with E-state index in [-0.39, 0.29) is 84.7 Å². The van der Waals surface area contributed by atoms with Crippen LogP contribution in [-0.4, -0.2) is 59.7 Å². The third kappa shape index (κ3) is 32.9. The van der Waals surface area contributed by atoms with Gasteiger partial charge >= 0.3 is 59.7 Å². The molecule has 0 N–H and O–H groups in total. The lowest BCUT2D eigenvalue weighted by molar-refractivity contribution is -0.149. The highest BCUT2D eigenvalue weighted by molar-refractivity contribution is 5.91. The van der Waals surface area contributed by atoms with E-state index in [0.29, 0.717) is 62.6 Å². The molecule has 0 unspecified atom stereocenters. The second-order valence-electron chi connectivity index (χ2n) is 27.6. The van der Waals surface area contributed by atoms with Crippen LogP contribution in [-0.2, 0) is 105 Å². The molecule has 0 aliphatic rings. The van der Waals surface area contributed by atoms with Crippen LogP contribution in [0.3, 0.4) is 0 Å². The van der Waals surface area contributed by atoms with E-state index < -0.39 is 71.0 Å². The number of benzene rings is 10. The van der Waals surface area contributed by atoms with Gasteiger partial charge in [-0.15, -0.1) is 0 Å². The van der Waals surface area contributed by atoms with Crippen molar-refractivity contribution in [3.05, 3.63) is 368 Å². The Kier molecular flexibility index (Phi) is 38.8. The summed E-state index contributed by atoms with van der Waals surface area (Å²) in [5.41, 5.74) is 12.3. The standard InChI is InChI=1S/C21H21FO4.C21H19FO4.C21H20O4.C19H17FO4.C19H15FO4/c1-13(2)20(23)25-12-15-5-7-16(8-6-15)17-9-10-19(18(22)11-17)26-21(24)14(3)4;1-13(2)20(23)25-12-17-6-5-16(11-19(17)22)15-7-9-18(10-8-15)26-21(24)14(3)4;1-14(2)20(22)24-13-16-5-7-17(8-6-16)18-9-11-19(12-10-18)25-21(23)15(3)4;1-3-18(21)23-12-13-5-7-14(8-6-13)15-9-10-17(16(20)11-15)24-19(22)4-2;1-3-18(21)23-12-15-6-5-14(11-17(15)20)13-7-9-16(10-8-13)24-19(22)4-2/h5-11,13H,3,12H2,1-2,4H3;5-11H,1,3,12H2,2,4H3;5-12H,1,3,13H2,2,4H3;4-11H,2-3,12H2,1H3;3-11H,1-2,12H2. The van der Waals surface area contributed by atoms with Crippen molar-refractivity contribution in [2.75, 3.05) is 0 Å². The quantitative estimate of drug-likeness (QED) is 0.0133. The third-order valence-electron chi connectivity index (χ3n) is 17.0. The zero-order chi connectivity index (χ0) is 92.0. The number of ether oxygens (including phenoxy) is 10. The van der Waals surface area contributed by atoms with Crippen LogP contribution >= 0.6 is 0 Å². The van der Waals surface area contributed by atoms with Gasteiger partial charge in [-0.05, 0) is 180 Å². The normalized spacial score (nSPS) is 10.1. The molecule has 0 saturated carbocycles. The number of carbonyl (C=O) groups is 10. The van der Waals surface area contributed by atoms with Crippen LogP contribution in [0.25, 0.3) is 55.6 Å². The molecular formula is C101H92F4O20. The second kappa shape index (κ2) is 49.3. The first kappa shape index (κ1) is 98.4. The molecule has 0 fully saturated rings. The Morgan fingerprint density at radius 1 is 0.296 bits per heavy atom. The minimum atomic E-state index is -0.715. The maximum Gasteiger partial charge on any atom is 0.338 e. The summed E-state index contributed by atoms with van der Waals surface area (Å²) in [4.78, 5) is 113. The monoisotopic (exact) mass is 1700 g/mol. The molecule has 0 spiro atoms. The smallest absolute Gasteiger partial charge is 0.338 e. The van der Waals surface area contributed by atoms with Gasteiger partial charge in [-0.25, -0.2) is 55.9 Å². The van der Waals surface area contributed by atoms with Gasteiger partial charge in [0.05, 0.1) is 5.92 Å². The van der Waals surface area contributed by atoms with Crippen LogP contribution in [0, 0.1) is 29.2 Å². The zero-order valence-electron chi connectivity index (χ0n) is 70.2. The summed E-state index contributed by atoms with van der Waals surface area (Å²) in [6, 6.07) is 60.6. The molecule has 644 valence electrons. The third-order valence-corrected chi connectivity index (χ3v) is 17.0. The van der Waals surface area contributed by atoms with Crippen molar-refractivity contribution in [3.8, 4) is 84.4 Å². The maximum absolute atomic E-state index is 14.2. The van der Waals surface area contributed by atoms with Crippen molar-refractivity contribution >= 4 is 59.7 Å². The minimum absolute atomic E-state index is 0.140. The van der Waals surface area contributed by atoms with Gasteiger partial charge in [0.25, 0.3) is 0 Å². The highest BCUT2D eigenvalue weighted by atomic mass is 19.1. The Bertz CT molecular complexity index is 5630. The van der Waals surface area contributed by atoms with Gasteiger partial charge in [0, 0.05) is 63.6 Å². The summed E-state index contributed by atoms with van der Waals surface area (Å²) in [7, 11) is 0. The lowest BCUT2D eigenvalue weighted by Gasteiger charge is -2.09. The van der Waals surface area contributed by atoms with E-state index in [9.17, 15) is 65.5 Å². The first-order valence-corrected chi connectivity index (χ1v) is 38.3. The van der Waals surface area contributed by atoms with Crippen LogP contribution < -0.4 is 23.7 Å². The molecule has 10 aromatic carbocycles. The van der Waals surface area contributed by atoms with E-state index in [0.717, 1.165) is 68.3 Å². The van der Waals surface area contributed by atoms with E-state index in [2.05, 4.69) is 52.6 Å². The minimum Gasteiger partial charge on any atom is -0.461 e. The van der Waals surface area contributed by atoms with Gasteiger partial charge in [-0.2, -0.15) is 0 Å². The molecule has 24 heteroatoms. The van der Waals surface area contributed by atoms with Crippen LogP contribution in [0.1, 0.15) is 89.6 Å². The van der Waals surface area contributed by atoms with Crippen molar-refractivity contribution in [1.29, 1.82) is 0 Å².